The monoisotopic (exact) mass is 336 g/mol. The van der Waals surface area contributed by atoms with Gasteiger partial charge in [-0.2, -0.15) is 0 Å². The molecule has 0 aliphatic rings. The summed E-state index contributed by atoms with van der Waals surface area (Å²) in [4.78, 5) is 12.0. The van der Waals surface area contributed by atoms with Crippen LogP contribution in [0.4, 0.5) is 11.4 Å². The number of anilines is 2. The number of nitrogens with one attached hydrogen (secondary N) is 2. The van der Waals surface area contributed by atoms with Crippen molar-refractivity contribution >= 4 is 40.5 Å². The maximum Gasteiger partial charge on any atom is 0.226 e. The van der Waals surface area contributed by atoms with Crippen molar-refractivity contribution in [2.24, 2.45) is 0 Å². The Morgan fingerprint density at radius 2 is 1.86 bits per heavy atom. The highest BCUT2D eigenvalue weighted by Gasteiger charge is 2.08. The zero-order valence-corrected chi connectivity index (χ0v) is 14.1. The minimum absolute atomic E-state index is 0.109. The lowest BCUT2D eigenvalue weighted by Crippen LogP contribution is -2.16. The van der Waals surface area contributed by atoms with Crippen LogP contribution in [0.25, 0.3) is 0 Å². The molecule has 0 aliphatic carbocycles. The molecule has 1 amide bonds. The number of rotatable bonds is 5. The van der Waals surface area contributed by atoms with E-state index in [4.69, 9.17) is 23.2 Å². The largest absolute Gasteiger partial charge is 0.384 e. The molecular weight excluding hydrogens is 319 g/mol. The van der Waals surface area contributed by atoms with Crippen molar-refractivity contribution < 1.29 is 4.79 Å². The second kappa shape index (κ2) is 7.52. The number of amides is 1. The Morgan fingerprint density at radius 3 is 2.64 bits per heavy atom. The topological polar surface area (TPSA) is 41.1 Å². The molecular formula is C17H18Cl2N2O. The lowest BCUT2D eigenvalue weighted by atomic mass is 10.1. The van der Waals surface area contributed by atoms with Gasteiger partial charge in [0.25, 0.3) is 0 Å². The van der Waals surface area contributed by atoms with E-state index in [1.807, 2.05) is 13.8 Å². The summed E-state index contributed by atoms with van der Waals surface area (Å²) in [7, 11) is 0. The number of hydrogen-bond acceptors (Lipinski definition) is 2. The number of aryl methyl sites for hydroxylation is 2. The Labute approximate surface area is 140 Å². The Kier molecular flexibility index (Phi) is 5.69. The summed E-state index contributed by atoms with van der Waals surface area (Å²) in [5, 5.41) is 6.83. The van der Waals surface area contributed by atoms with Crippen molar-refractivity contribution in [1.82, 2.24) is 0 Å². The van der Waals surface area contributed by atoms with Gasteiger partial charge in [-0.1, -0.05) is 41.4 Å². The minimum Gasteiger partial charge on any atom is -0.384 e. The summed E-state index contributed by atoms with van der Waals surface area (Å²) in [6.45, 7) is 4.63. The first-order chi connectivity index (χ1) is 10.5. The van der Waals surface area contributed by atoms with Gasteiger partial charge in [-0.3, -0.25) is 4.79 Å². The highest BCUT2D eigenvalue weighted by Crippen LogP contribution is 2.29. The standard InChI is InChI=1S/C17H18Cl2N2O/c1-11-6-7-12(2)15(10-11)20-9-8-16(22)21-14-5-3-4-13(18)17(14)19/h3-7,10,20H,8-9H2,1-2H3,(H,21,22). The van der Waals surface area contributed by atoms with Crippen molar-refractivity contribution in [3.05, 3.63) is 57.6 Å². The third-order valence-corrected chi connectivity index (χ3v) is 4.11. The third kappa shape index (κ3) is 4.39. The Hall–Kier alpha value is -1.71. The van der Waals surface area contributed by atoms with Crippen molar-refractivity contribution in [1.29, 1.82) is 0 Å². The van der Waals surface area contributed by atoms with E-state index in [1.54, 1.807) is 18.2 Å². The van der Waals surface area contributed by atoms with E-state index >= 15 is 0 Å². The Bertz CT molecular complexity index is 686. The van der Waals surface area contributed by atoms with Gasteiger partial charge in [0.1, 0.15) is 0 Å². The Balaban J connectivity index is 1.88. The molecule has 2 rings (SSSR count). The highest BCUT2D eigenvalue weighted by molar-refractivity contribution is 6.43. The second-order valence-corrected chi connectivity index (χ2v) is 5.93. The van der Waals surface area contributed by atoms with Gasteiger partial charge in [0, 0.05) is 18.7 Å². The summed E-state index contributed by atoms with van der Waals surface area (Å²) in [6, 6.07) is 11.4. The molecule has 0 saturated heterocycles. The zero-order chi connectivity index (χ0) is 16.1. The van der Waals surface area contributed by atoms with Gasteiger partial charge in [-0.25, -0.2) is 0 Å². The second-order valence-electron chi connectivity index (χ2n) is 5.14. The van der Waals surface area contributed by atoms with E-state index in [0.29, 0.717) is 28.7 Å². The summed E-state index contributed by atoms with van der Waals surface area (Å²) in [5.74, 6) is -0.109. The lowest BCUT2D eigenvalue weighted by molar-refractivity contribution is -0.115. The third-order valence-electron chi connectivity index (χ3n) is 3.29. The average Bonchev–Trinajstić information content (AvgIpc) is 2.47. The molecule has 0 saturated carbocycles. The number of carbonyl (C=O) groups excluding carboxylic acids is 1. The van der Waals surface area contributed by atoms with E-state index in [-0.39, 0.29) is 5.91 Å². The van der Waals surface area contributed by atoms with Gasteiger partial charge in [0.2, 0.25) is 5.91 Å². The maximum absolute atomic E-state index is 12.0. The van der Waals surface area contributed by atoms with Gasteiger partial charge in [-0.15, -0.1) is 0 Å². The molecule has 0 heterocycles. The van der Waals surface area contributed by atoms with Crippen LogP contribution in [0.5, 0.6) is 0 Å². The summed E-state index contributed by atoms with van der Waals surface area (Å²) in [6.07, 6.45) is 0.343. The van der Waals surface area contributed by atoms with Gasteiger partial charge in [0.15, 0.2) is 0 Å². The van der Waals surface area contributed by atoms with Crippen LogP contribution in [0.2, 0.25) is 10.0 Å². The molecule has 0 fully saturated rings. The molecule has 0 atom stereocenters. The molecule has 5 heteroatoms. The van der Waals surface area contributed by atoms with Crippen molar-refractivity contribution in [3.63, 3.8) is 0 Å². The van der Waals surface area contributed by atoms with E-state index in [9.17, 15) is 4.79 Å². The summed E-state index contributed by atoms with van der Waals surface area (Å²) >= 11 is 12.0. The van der Waals surface area contributed by atoms with Gasteiger partial charge >= 0.3 is 0 Å². The van der Waals surface area contributed by atoms with Crippen LogP contribution in [-0.4, -0.2) is 12.5 Å². The molecule has 0 bridgehead atoms. The molecule has 3 nitrogen and oxygen atoms in total. The molecule has 0 aliphatic heterocycles. The van der Waals surface area contributed by atoms with Crippen LogP contribution in [0.3, 0.4) is 0 Å². The summed E-state index contributed by atoms with van der Waals surface area (Å²) < 4.78 is 0. The zero-order valence-electron chi connectivity index (χ0n) is 12.5. The normalized spacial score (nSPS) is 10.4. The van der Waals surface area contributed by atoms with Crippen LogP contribution in [-0.2, 0) is 4.79 Å². The van der Waals surface area contributed by atoms with Gasteiger partial charge in [-0.05, 0) is 43.2 Å². The molecule has 2 aromatic carbocycles. The first-order valence-corrected chi connectivity index (χ1v) is 7.78. The SMILES string of the molecule is Cc1ccc(C)c(NCCC(=O)Nc2cccc(Cl)c2Cl)c1. The van der Waals surface area contributed by atoms with E-state index < -0.39 is 0 Å². The van der Waals surface area contributed by atoms with Crippen molar-refractivity contribution in [2.45, 2.75) is 20.3 Å². The van der Waals surface area contributed by atoms with Crippen LogP contribution in [0, 0.1) is 13.8 Å². The van der Waals surface area contributed by atoms with Crippen LogP contribution in [0.15, 0.2) is 36.4 Å². The molecule has 116 valence electrons. The average molecular weight is 337 g/mol. The van der Waals surface area contributed by atoms with E-state index in [1.165, 1.54) is 5.56 Å². The fourth-order valence-electron chi connectivity index (χ4n) is 2.05. The molecule has 0 radical (unpaired) electrons. The quantitative estimate of drug-likeness (QED) is 0.801. The molecule has 2 aromatic rings. The molecule has 22 heavy (non-hydrogen) atoms. The first kappa shape index (κ1) is 16.7. The first-order valence-electron chi connectivity index (χ1n) is 7.02. The van der Waals surface area contributed by atoms with Gasteiger partial charge in [0.05, 0.1) is 15.7 Å². The number of benzene rings is 2. The molecule has 0 spiro atoms. The minimum atomic E-state index is -0.109. The number of halogens is 2. The van der Waals surface area contributed by atoms with Gasteiger partial charge < -0.3 is 10.6 Å². The van der Waals surface area contributed by atoms with Crippen LogP contribution >= 0.6 is 23.2 Å². The lowest BCUT2D eigenvalue weighted by Gasteiger charge is -2.11. The summed E-state index contributed by atoms with van der Waals surface area (Å²) in [5.41, 5.74) is 3.92. The van der Waals surface area contributed by atoms with Crippen molar-refractivity contribution in [3.8, 4) is 0 Å². The highest BCUT2D eigenvalue weighted by atomic mass is 35.5. The smallest absolute Gasteiger partial charge is 0.226 e. The van der Waals surface area contributed by atoms with Crippen molar-refractivity contribution in [2.75, 3.05) is 17.2 Å². The van der Waals surface area contributed by atoms with Crippen LogP contribution in [0.1, 0.15) is 17.5 Å². The maximum atomic E-state index is 12.0. The fourth-order valence-corrected chi connectivity index (χ4v) is 2.40. The number of hydrogen-bond donors (Lipinski definition) is 2. The molecule has 0 aromatic heterocycles. The molecule has 0 unspecified atom stereocenters. The fraction of sp³-hybridized carbons (Fsp3) is 0.235. The van der Waals surface area contributed by atoms with E-state index in [2.05, 4.69) is 28.8 Å². The Morgan fingerprint density at radius 1 is 1.09 bits per heavy atom. The predicted octanol–water partition coefficient (Wildman–Crippen LogP) is 5.05. The number of carbonyl (C=O) groups is 1. The predicted molar refractivity (Wildman–Crippen MR) is 94.1 cm³/mol. The van der Waals surface area contributed by atoms with Crippen LogP contribution < -0.4 is 10.6 Å². The molecule has 2 N–H and O–H groups in total. The van der Waals surface area contributed by atoms with E-state index in [0.717, 1.165) is 11.3 Å².